The SMILES string of the molecule is CCCOC(=O)c1cc(N)ccc1N(Cc1ccccc1)Cc1ccccc1. The minimum Gasteiger partial charge on any atom is -0.462 e. The molecule has 3 aromatic carbocycles. The second-order valence-electron chi connectivity index (χ2n) is 6.74. The van der Waals surface area contributed by atoms with Crippen molar-refractivity contribution < 1.29 is 9.53 Å². The molecule has 0 heterocycles. The van der Waals surface area contributed by atoms with Crippen LogP contribution in [0.25, 0.3) is 0 Å². The number of hydrogen-bond acceptors (Lipinski definition) is 4. The van der Waals surface area contributed by atoms with E-state index in [9.17, 15) is 4.79 Å². The van der Waals surface area contributed by atoms with Gasteiger partial charge in [-0.1, -0.05) is 67.6 Å². The number of nitrogens with zero attached hydrogens (tertiary/aromatic N) is 1. The Morgan fingerprint density at radius 1 is 0.893 bits per heavy atom. The molecule has 0 spiro atoms. The number of hydrogen-bond donors (Lipinski definition) is 1. The summed E-state index contributed by atoms with van der Waals surface area (Å²) in [6.45, 7) is 3.72. The predicted molar refractivity (Wildman–Crippen MR) is 114 cm³/mol. The van der Waals surface area contributed by atoms with Crippen LogP contribution in [0.1, 0.15) is 34.8 Å². The molecule has 0 saturated carbocycles. The van der Waals surface area contributed by atoms with Crippen LogP contribution in [-0.4, -0.2) is 12.6 Å². The van der Waals surface area contributed by atoms with E-state index in [0.717, 1.165) is 12.1 Å². The number of carbonyl (C=O) groups is 1. The van der Waals surface area contributed by atoms with Gasteiger partial charge in [0.1, 0.15) is 0 Å². The molecule has 0 aromatic heterocycles. The smallest absolute Gasteiger partial charge is 0.340 e. The molecule has 3 aromatic rings. The van der Waals surface area contributed by atoms with E-state index in [1.54, 1.807) is 6.07 Å². The van der Waals surface area contributed by atoms with E-state index in [1.807, 2.05) is 55.5 Å². The topological polar surface area (TPSA) is 55.6 Å². The number of ether oxygens (including phenoxy) is 1. The summed E-state index contributed by atoms with van der Waals surface area (Å²) in [4.78, 5) is 14.9. The van der Waals surface area contributed by atoms with E-state index in [-0.39, 0.29) is 5.97 Å². The fourth-order valence-corrected chi connectivity index (χ4v) is 3.10. The van der Waals surface area contributed by atoms with Gasteiger partial charge >= 0.3 is 5.97 Å². The van der Waals surface area contributed by atoms with E-state index in [1.165, 1.54) is 11.1 Å². The molecular weight excluding hydrogens is 348 g/mol. The first-order valence-electron chi connectivity index (χ1n) is 9.57. The van der Waals surface area contributed by atoms with Gasteiger partial charge in [-0.2, -0.15) is 0 Å². The van der Waals surface area contributed by atoms with Gasteiger partial charge in [0.2, 0.25) is 0 Å². The van der Waals surface area contributed by atoms with Crippen molar-refractivity contribution in [3.05, 3.63) is 95.6 Å². The summed E-state index contributed by atoms with van der Waals surface area (Å²) in [7, 11) is 0. The fourth-order valence-electron chi connectivity index (χ4n) is 3.10. The first kappa shape index (κ1) is 19.5. The van der Waals surface area contributed by atoms with Gasteiger partial charge in [-0.25, -0.2) is 4.79 Å². The van der Waals surface area contributed by atoms with Crippen molar-refractivity contribution >= 4 is 17.3 Å². The average molecular weight is 374 g/mol. The standard InChI is InChI=1S/C24H26N2O2/c1-2-15-28-24(27)22-16-21(25)13-14-23(22)26(17-19-9-5-3-6-10-19)18-20-11-7-4-8-12-20/h3-14,16H,2,15,17-18,25H2,1H3. The summed E-state index contributed by atoms with van der Waals surface area (Å²) >= 11 is 0. The Balaban J connectivity index is 1.98. The second-order valence-corrected chi connectivity index (χ2v) is 6.74. The highest BCUT2D eigenvalue weighted by molar-refractivity contribution is 5.97. The third-order valence-electron chi connectivity index (χ3n) is 4.45. The van der Waals surface area contributed by atoms with Gasteiger partial charge in [0, 0.05) is 18.8 Å². The van der Waals surface area contributed by atoms with Crippen molar-refractivity contribution in [2.75, 3.05) is 17.2 Å². The molecule has 0 bridgehead atoms. The molecule has 28 heavy (non-hydrogen) atoms. The lowest BCUT2D eigenvalue weighted by atomic mass is 10.1. The molecule has 0 radical (unpaired) electrons. The molecule has 0 amide bonds. The van der Waals surface area contributed by atoms with Crippen LogP contribution >= 0.6 is 0 Å². The van der Waals surface area contributed by atoms with Crippen molar-refractivity contribution in [1.29, 1.82) is 0 Å². The van der Waals surface area contributed by atoms with Crippen molar-refractivity contribution in [2.24, 2.45) is 0 Å². The molecular formula is C24H26N2O2. The van der Waals surface area contributed by atoms with Crippen LogP contribution in [0, 0.1) is 0 Å². The zero-order chi connectivity index (χ0) is 19.8. The van der Waals surface area contributed by atoms with Gasteiger partial charge in [-0.05, 0) is 35.7 Å². The van der Waals surface area contributed by atoms with Crippen LogP contribution in [0.5, 0.6) is 0 Å². The molecule has 0 unspecified atom stereocenters. The van der Waals surface area contributed by atoms with E-state index in [2.05, 4.69) is 29.2 Å². The number of rotatable bonds is 8. The maximum absolute atomic E-state index is 12.7. The second kappa shape index (κ2) is 9.60. The normalized spacial score (nSPS) is 10.5. The van der Waals surface area contributed by atoms with Crippen LogP contribution < -0.4 is 10.6 Å². The monoisotopic (exact) mass is 374 g/mol. The van der Waals surface area contributed by atoms with Crippen LogP contribution in [0.15, 0.2) is 78.9 Å². The fraction of sp³-hybridized carbons (Fsp3) is 0.208. The summed E-state index contributed by atoms with van der Waals surface area (Å²) in [6.07, 6.45) is 0.779. The van der Waals surface area contributed by atoms with Crippen molar-refractivity contribution in [3.8, 4) is 0 Å². The summed E-state index contributed by atoms with van der Waals surface area (Å²) in [5, 5.41) is 0. The third-order valence-corrected chi connectivity index (χ3v) is 4.45. The van der Waals surface area contributed by atoms with Gasteiger partial charge in [-0.3, -0.25) is 0 Å². The maximum Gasteiger partial charge on any atom is 0.340 e. The van der Waals surface area contributed by atoms with Gasteiger partial charge in [0.15, 0.2) is 0 Å². The Hall–Kier alpha value is -3.27. The third kappa shape index (κ3) is 5.13. The zero-order valence-corrected chi connectivity index (χ0v) is 16.2. The largest absolute Gasteiger partial charge is 0.462 e. The summed E-state index contributed by atoms with van der Waals surface area (Å²) < 4.78 is 5.40. The lowest BCUT2D eigenvalue weighted by molar-refractivity contribution is 0.0506. The first-order chi connectivity index (χ1) is 13.7. The van der Waals surface area contributed by atoms with Crippen LogP contribution in [-0.2, 0) is 17.8 Å². The summed E-state index contributed by atoms with van der Waals surface area (Å²) in [6, 6.07) is 25.9. The van der Waals surface area contributed by atoms with Gasteiger partial charge < -0.3 is 15.4 Å². The Morgan fingerprint density at radius 3 is 2.00 bits per heavy atom. The molecule has 0 fully saturated rings. The van der Waals surface area contributed by atoms with E-state index < -0.39 is 0 Å². The Labute approximate surface area is 166 Å². The highest BCUT2D eigenvalue weighted by atomic mass is 16.5. The van der Waals surface area contributed by atoms with Crippen LogP contribution in [0.4, 0.5) is 11.4 Å². The van der Waals surface area contributed by atoms with E-state index in [0.29, 0.717) is 30.9 Å². The minimum absolute atomic E-state index is 0.338. The number of esters is 1. The number of carbonyl (C=O) groups excluding carboxylic acids is 1. The first-order valence-corrected chi connectivity index (χ1v) is 9.57. The van der Waals surface area contributed by atoms with Crippen LogP contribution in [0.2, 0.25) is 0 Å². The van der Waals surface area contributed by atoms with Crippen LogP contribution in [0.3, 0.4) is 0 Å². The summed E-state index contributed by atoms with van der Waals surface area (Å²) in [5.74, 6) is -0.338. The van der Waals surface area contributed by atoms with E-state index in [4.69, 9.17) is 10.5 Å². The van der Waals surface area contributed by atoms with Crippen molar-refractivity contribution in [3.63, 3.8) is 0 Å². The number of anilines is 2. The molecule has 0 saturated heterocycles. The molecule has 0 aliphatic rings. The molecule has 144 valence electrons. The molecule has 3 rings (SSSR count). The van der Waals surface area contributed by atoms with Gasteiger partial charge in [-0.15, -0.1) is 0 Å². The van der Waals surface area contributed by atoms with Crippen molar-refractivity contribution in [1.82, 2.24) is 0 Å². The van der Waals surface area contributed by atoms with Gasteiger partial charge in [0.25, 0.3) is 0 Å². The Bertz CT molecular complexity index is 853. The highest BCUT2D eigenvalue weighted by Crippen LogP contribution is 2.27. The molecule has 2 N–H and O–H groups in total. The van der Waals surface area contributed by atoms with Crippen molar-refractivity contribution in [2.45, 2.75) is 26.4 Å². The Kier molecular flexibility index (Phi) is 6.68. The molecule has 0 atom stereocenters. The highest BCUT2D eigenvalue weighted by Gasteiger charge is 2.19. The number of benzene rings is 3. The van der Waals surface area contributed by atoms with E-state index >= 15 is 0 Å². The van der Waals surface area contributed by atoms with Gasteiger partial charge in [0.05, 0.1) is 17.9 Å². The molecule has 0 aliphatic carbocycles. The molecule has 0 aliphatic heterocycles. The molecule has 4 nitrogen and oxygen atoms in total. The lowest BCUT2D eigenvalue weighted by Crippen LogP contribution is -2.25. The predicted octanol–water partition coefficient (Wildman–Crippen LogP) is 5.04. The maximum atomic E-state index is 12.7. The lowest BCUT2D eigenvalue weighted by Gasteiger charge is -2.27. The summed E-state index contributed by atoms with van der Waals surface area (Å²) in [5.41, 5.74) is 10.2. The quantitative estimate of drug-likeness (QED) is 0.443. The average Bonchev–Trinajstić information content (AvgIpc) is 2.73. The Morgan fingerprint density at radius 2 is 1.46 bits per heavy atom. The molecule has 4 heteroatoms. The minimum atomic E-state index is -0.338. The number of nitrogens with two attached hydrogens (primary N) is 1. The zero-order valence-electron chi connectivity index (χ0n) is 16.2. The number of nitrogen functional groups attached to an aromatic ring is 1.